The van der Waals surface area contributed by atoms with Crippen molar-refractivity contribution >= 4 is 23.2 Å². The quantitative estimate of drug-likeness (QED) is 0.317. The summed E-state index contributed by atoms with van der Waals surface area (Å²) in [4.78, 5) is 29.0. The molecular weight excluding hydrogens is 524 g/mol. The summed E-state index contributed by atoms with van der Waals surface area (Å²) in [7, 11) is 1.85. The highest BCUT2D eigenvalue weighted by Gasteiger charge is 2.40. The van der Waals surface area contributed by atoms with E-state index < -0.39 is 5.79 Å². The largest absolute Gasteiger partial charge is 0.381 e. The lowest BCUT2D eigenvalue weighted by atomic mass is 10.0. The zero-order chi connectivity index (χ0) is 28.0. The second-order valence-corrected chi connectivity index (χ2v) is 11.0. The Hall–Kier alpha value is -3.77. The number of amides is 2. The van der Waals surface area contributed by atoms with Crippen LogP contribution in [0.1, 0.15) is 41.6 Å². The standard InChI is InChI=1S/C30H34N6O5/c1-35(20-9-15-39-16-10-20)34-29(38)31-23-4-2-3-22-24(23)28(37)25-26(32-33-27(22)25)19-5-7-21(8-6-19)36-13-11-30(12-14-36)40-17-18-41-30/h2-8,20H,9-18H2,1H3,(H,32,33)(H2,31,34,38). The maximum Gasteiger partial charge on any atom is 0.333 e. The molecule has 3 N–H and O–H groups in total. The second kappa shape index (κ2) is 10.6. The van der Waals surface area contributed by atoms with E-state index in [1.807, 2.05) is 36.3 Å². The average molecular weight is 559 g/mol. The molecule has 3 aliphatic heterocycles. The van der Waals surface area contributed by atoms with Crippen LogP contribution in [0.5, 0.6) is 0 Å². The van der Waals surface area contributed by atoms with Crippen LogP contribution in [0.4, 0.5) is 16.2 Å². The van der Waals surface area contributed by atoms with E-state index >= 15 is 0 Å². The molecule has 4 heterocycles. The number of nitrogens with one attached hydrogen (secondary N) is 3. The number of carbonyl (C=O) groups excluding carboxylic acids is 2. The number of aromatic amines is 1. The van der Waals surface area contributed by atoms with Crippen molar-refractivity contribution in [3.05, 3.63) is 53.6 Å². The Morgan fingerprint density at radius 2 is 1.76 bits per heavy atom. The van der Waals surface area contributed by atoms with Gasteiger partial charge in [-0.25, -0.2) is 9.80 Å². The number of ketones is 1. The Labute approximate surface area is 238 Å². The van der Waals surface area contributed by atoms with Crippen LogP contribution in [0.25, 0.3) is 22.5 Å². The monoisotopic (exact) mass is 558 g/mol. The van der Waals surface area contributed by atoms with Crippen LogP contribution in [-0.4, -0.2) is 85.4 Å². The number of ether oxygens (including phenoxy) is 3. The molecule has 4 aliphatic rings. The molecule has 0 unspecified atom stereocenters. The average Bonchev–Trinajstić information content (AvgIpc) is 3.71. The molecule has 2 aromatic carbocycles. The van der Waals surface area contributed by atoms with Crippen molar-refractivity contribution in [3.8, 4) is 22.5 Å². The summed E-state index contributed by atoms with van der Waals surface area (Å²) in [6.07, 6.45) is 3.39. The van der Waals surface area contributed by atoms with E-state index in [1.165, 1.54) is 0 Å². The predicted molar refractivity (Wildman–Crippen MR) is 153 cm³/mol. The molecule has 3 saturated heterocycles. The fourth-order valence-corrected chi connectivity index (χ4v) is 6.40. The summed E-state index contributed by atoms with van der Waals surface area (Å²) in [6, 6.07) is 13.4. The van der Waals surface area contributed by atoms with E-state index in [0.717, 1.165) is 55.6 Å². The molecule has 3 aromatic rings. The van der Waals surface area contributed by atoms with Crippen LogP contribution in [0.2, 0.25) is 0 Å². The smallest absolute Gasteiger partial charge is 0.333 e. The van der Waals surface area contributed by atoms with Crippen molar-refractivity contribution in [1.29, 1.82) is 0 Å². The van der Waals surface area contributed by atoms with Gasteiger partial charge in [0.1, 0.15) is 5.69 Å². The lowest BCUT2D eigenvalue weighted by Crippen LogP contribution is -2.49. The molecule has 1 aliphatic carbocycles. The van der Waals surface area contributed by atoms with E-state index in [9.17, 15) is 9.59 Å². The van der Waals surface area contributed by atoms with Crippen LogP contribution < -0.4 is 15.6 Å². The first-order chi connectivity index (χ1) is 20.0. The highest BCUT2D eigenvalue weighted by Crippen LogP contribution is 2.43. The van der Waals surface area contributed by atoms with Crippen molar-refractivity contribution in [1.82, 2.24) is 20.6 Å². The zero-order valence-corrected chi connectivity index (χ0v) is 23.1. The number of benzene rings is 2. The van der Waals surface area contributed by atoms with Crippen LogP contribution in [0, 0.1) is 0 Å². The number of carbonyl (C=O) groups is 2. The van der Waals surface area contributed by atoms with E-state index in [1.54, 1.807) is 6.07 Å². The number of rotatable bonds is 5. The Balaban J connectivity index is 1.06. The molecule has 11 nitrogen and oxygen atoms in total. The molecule has 2 amide bonds. The van der Waals surface area contributed by atoms with Gasteiger partial charge >= 0.3 is 6.03 Å². The van der Waals surface area contributed by atoms with Gasteiger partial charge in [-0.3, -0.25) is 15.3 Å². The highest BCUT2D eigenvalue weighted by atomic mass is 16.7. The molecule has 0 radical (unpaired) electrons. The van der Waals surface area contributed by atoms with Gasteiger partial charge in [-0.05, 0) is 31.0 Å². The Morgan fingerprint density at radius 1 is 1.02 bits per heavy atom. The summed E-state index contributed by atoms with van der Waals surface area (Å²) in [5, 5.41) is 12.3. The van der Waals surface area contributed by atoms with Crippen molar-refractivity contribution in [2.24, 2.45) is 0 Å². The van der Waals surface area contributed by atoms with Crippen molar-refractivity contribution in [2.75, 3.05) is 56.8 Å². The fraction of sp³-hybridized carbons (Fsp3) is 0.433. The third-order valence-corrected chi connectivity index (χ3v) is 8.66. The summed E-state index contributed by atoms with van der Waals surface area (Å²) in [5.41, 5.74) is 8.32. The number of hydrogen-bond donors (Lipinski definition) is 3. The Kier molecular flexibility index (Phi) is 6.74. The molecule has 11 heteroatoms. The minimum atomic E-state index is -0.406. The third-order valence-electron chi connectivity index (χ3n) is 8.66. The minimum absolute atomic E-state index is 0.158. The maximum absolute atomic E-state index is 13.8. The van der Waals surface area contributed by atoms with Gasteiger partial charge in [0.25, 0.3) is 0 Å². The van der Waals surface area contributed by atoms with E-state index in [4.69, 9.17) is 14.2 Å². The topological polar surface area (TPSA) is 121 Å². The molecule has 1 spiro atoms. The van der Waals surface area contributed by atoms with Crippen molar-refractivity contribution in [3.63, 3.8) is 0 Å². The van der Waals surface area contributed by atoms with Crippen LogP contribution in [-0.2, 0) is 14.2 Å². The number of fused-ring (bicyclic) bond motifs is 3. The number of hydrogen-bond acceptors (Lipinski definition) is 8. The summed E-state index contributed by atoms with van der Waals surface area (Å²) >= 11 is 0. The van der Waals surface area contributed by atoms with Crippen LogP contribution in [0.15, 0.2) is 42.5 Å². The van der Waals surface area contributed by atoms with Gasteiger partial charge in [-0.2, -0.15) is 5.10 Å². The van der Waals surface area contributed by atoms with Gasteiger partial charge in [-0.1, -0.05) is 24.3 Å². The van der Waals surface area contributed by atoms with Gasteiger partial charge in [0.2, 0.25) is 0 Å². The number of nitrogens with zero attached hydrogens (tertiary/aromatic N) is 3. The van der Waals surface area contributed by atoms with Gasteiger partial charge in [-0.15, -0.1) is 0 Å². The summed E-state index contributed by atoms with van der Waals surface area (Å²) in [6.45, 7) is 4.42. The molecule has 0 saturated carbocycles. The molecule has 0 atom stereocenters. The maximum atomic E-state index is 13.8. The molecule has 3 fully saturated rings. The molecule has 41 heavy (non-hydrogen) atoms. The lowest BCUT2D eigenvalue weighted by molar-refractivity contribution is -0.169. The predicted octanol–water partition coefficient (Wildman–Crippen LogP) is 3.78. The SMILES string of the molecule is CN(NC(=O)Nc1cccc2c1C(=O)c1c(-c3ccc(N4CCC5(CC4)OCCO5)cc3)n[nH]c1-2)C1CCOCC1. The Bertz CT molecular complexity index is 1450. The first-order valence-electron chi connectivity index (χ1n) is 14.3. The number of hydrazine groups is 1. The van der Waals surface area contributed by atoms with E-state index in [0.29, 0.717) is 54.6 Å². The molecule has 7 rings (SSSR count). The summed E-state index contributed by atoms with van der Waals surface area (Å²) < 4.78 is 17.1. The molecule has 1 aromatic heterocycles. The van der Waals surface area contributed by atoms with E-state index in [-0.39, 0.29) is 17.9 Å². The fourth-order valence-electron chi connectivity index (χ4n) is 6.40. The van der Waals surface area contributed by atoms with Gasteiger partial charge in [0.15, 0.2) is 11.6 Å². The first-order valence-corrected chi connectivity index (χ1v) is 14.3. The molecule has 0 bridgehead atoms. The van der Waals surface area contributed by atoms with Gasteiger partial charge in [0, 0.05) is 69.0 Å². The number of urea groups is 1. The number of anilines is 2. The Morgan fingerprint density at radius 3 is 2.49 bits per heavy atom. The van der Waals surface area contributed by atoms with Crippen LogP contribution >= 0.6 is 0 Å². The van der Waals surface area contributed by atoms with Crippen molar-refractivity contribution in [2.45, 2.75) is 37.5 Å². The van der Waals surface area contributed by atoms with Gasteiger partial charge in [0.05, 0.1) is 35.7 Å². The first kappa shape index (κ1) is 26.1. The normalized spacial score (nSPS) is 20.0. The molecular formula is C30H34N6O5. The molecule has 214 valence electrons. The number of piperidine rings is 1. The summed E-state index contributed by atoms with van der Waals surface area (Å²) in [5.74, 6) is -0.564. The highest BCUT2D eigenvalue weighted by molar-refractivity contribution is 6.26. The van der Waals surface area contributed by atoms with Gasteiger partial charge < -0.3 is 24.4 Å². The number of H-pyrrole nitrogens is 1. The van der Waals surface area contributed by atoms with Crippen molar-refractivity contribution < 1.29 is 23.8 Å². The third kappa shape index (κ3) is 4.78. The second-order valence-electron chi connectivity index (χ2n) is 11.0. The minimum Gasteiger partial charge on any atom is -0.381 e. The van der Waals surface area contributed by atoms with Crippen LogP contribution in [0.3, 0.4) is 0 Å². The van der Waals surface area contributed by atoms with E-state index in [2.05, 4.69) is 38.0 Å². The lowest BCUT2D eigenvalue weighted by Gasteiger charge is -2.38. The number of aromatic nitrogens is 2. The zero-order valence-electron chi connectivity index (χ0n) is 23.1.